The summed E-state index contributed by atoms with van der Waals surface area (Å²) in [6, 6.07) is -0.563. The predicted octanol–water partition coefficient (Wildman–Crippen LogP) is 0.627. The number of carbonyl (C=O) groups is 1. The summed E-state index contributed by atoms with van der Waals surface area (Å²) in [6.07, 6.45) is 7.74. The van der Waals surface area contributed by atoms with Crippen LogP contribution in [0.1, 0.15) is 11.4 Å². The lowest BCUT2D eigenvalue weighted by Crippen LogP contribution is -2.42. The number of aromatic amines is 2. The maximum Gasteiger partial charge on any atom is 0.237 e. The fourth-order valence-electron chi connectivity index (χ4n) is 1.60. The average Bonchev–Trinajstić information content (AvgIpc) is 3.01. The zero-order valence-electron chi connectivity index (χ0n) is 11.1. The van der Waals surface area contributed by atoms with E-state index in [1.54, 1.807) is 25.0 Å². The quantitative estimate of drug-likeness (QED) is 0.607. The highest BCUT2D eigenvalue weighted by atomic mass is 35.5. The molecule has 0 aliphatic heterocycles. The fourth-order valence-corrected chi connectivity index (χ4v) is 1.60. The van der Waals surface area contributed by atoms with Gasteiger partial charge in [0.15, 0.2) is 0 Å². The molecule has 2 heterocycles. The first-order chi connectivity index (χ1) is 8.75. The van der Waals surface area contributed by atoms with E-state index in [0.29, 0.717) is 19.4 Å². The predicted molar refractivity (Wildman–Crippen MR) is 87.3 cm³/mol. The Morgan fingerprint density at radius 2 is 1.71 bits per heavy atom. The van der Waals surface area contributed by atoms with Crippen molar-refractivity contribution in [2.24, 2.45) is 5.73 Å². The van der Waals surface area contributed by atoms with Crippen molar-refractivity contribution >= 4 is 43.1 Å². The van der Waals surface area contributed by atoms with Crippen LogP contribution in [0.5, 0.6) is 0 Å². The second-order valence-corrected chi connectivity index (χ2v) is 4.01. The summed E-state index contributed by atoms with van der Waals surface area (Å²) in [5, 5.41) is 2.79. The highest BCUT2D eigenvalue weighted by molar-refractivity contribution is 5.86. The first kappa shape index (κ1) is 22.0. The van der Waals surface area contributed by atoms with E-state index < -0.39 is 6.04 Å². The van der Waals surface area contributed by atoms with E-state index in [0.717, 1.165) is 11.4 Å². The minimum Gasteiger partial charge on any atom is -0.354 e. The van der Waals surface area contributed by atoms with Crippen molar-refractivity contribution in [2.75, 3.05) is 6.54 Å². The first-order valence-corrected chi connectivity index (χ1v) is 5.73. The van der Waals surface area contributed by atoms with E-state index in [4.69, 9.17) is 5.73 Å². The van der Waals surface area contributed by atoms with Crippen molar-refractivity contribution in [3.63, 3.8) is 0 Å². The van der Waals surface area contributed by atoms with Crippen molar-refractivity contribution in [2.45, 2.75) is 18.9 Å². The van der Waals surface area contributed by atoms with Crippen molar-refractivity contribution < 1.29 is 4.79 Å². The lowest BCUT2D eigenvalue weighted by Gasteiger charge is -2.10. The van der Waals surface area contributed by atoms with Crippen molar-refractivity contribution in [1.82, 2.24) is 25.3 Å². The molecule has 0 unspecified atom stereocenters. The van der Waals surface area contributed by atoms with Gasteiger partial charge in [0.2, 0.25) is 5.91 Å². The molecule has 2 aromatic rings. The third-order valence-corrected chi connectivity index (χ3v) is 2.58. The summed E-state index contributed by atoms with van der Waals surface area (Å²) in [4.78, 5) is 25.4. The number of nitrogens with one attached hydrogen (secondary N) is 3. The van der Waals surface area contributed by atoms with E-state index in [1.807, 2.05) is 0 Å². The van der Waals surface area contributed by atoms with Gasteiger partial charge in [-0.15, -0.1) is 37.2 Å². The van der Waals surface area contributed by atoms with Gasteiger partial charge in [0.1, 0.15) is 0 Å². The number of imidazole rings is 2. The molecule has 5 N–H and O–H groups in total. The zero-order chi connectivity index (χ0) is 12.8. The van der Waals surface area contributed by atoms with Crippen LogP contribution in [0.15, 0.2) is 25.0 Å². The number of carbonyl (C=O) groups excluding carboxylic acids is 1. The van der Waals surface area contributed by atoms with Crippen molar-refractivity contribution in [3.8, 4) is 0 Å². The summed E-state index contributed by atoms with van der Waals surface area (Å²) in [6.45, 7) is 0.539. The molecule has 0 saturated carbocycles. The molecule has 0 fully saturated rings. The van der Waals surface area contributed by atoms with Crippen LogP contribution in [-0.2, 0) is 17.6 Å². The minimum absolute atomic E-state index is 0. The third-order valence-electron chi connectivity index (χ3n) is 2.58. The maximum atomic E-state index is 11.7. The summed E-state index contributed by atoms with van der Waals surface area (Å²) >= 11 is 0. The van der Waals surface area contributed by atoms with Crippen LogP contribution in [0.3, 0.4) is 0 Å². The number of H-pyrrole nitrogens is 2. The van der Waals surface area contributed by atoms with E-state index in [2.05, 4.69) is 25.3 Å². The van der Waals surface area contributed by atoms with Crippen LogP contribution >= 0.6 is 37.2 Å². The van der Waals surface area contributed by atoms with Gasteiger partial charge in [-0.2, -0.15) is 0 Å². The molecular formula is C11H19Cl3N6O. The molecule has 0 aliphatic rings. The van der Waals surface area contributed by atoms with Gasteiger partial charge >= 0.3 is 0 Å². The molecular weight excluding hydrogens is 339 g/mol. The molecule has 0 radical (unpaired) electrons. The van der Waals surface area contributed by atoms with Crippen LogP contribution in [-0.4, -0.2) is 38.4 Å². The molecule has 2 aromatic heterocycles. The van der Waals surface area contributed by atoms with Crippen LogP contribution in [0.4, 0.5) is 0 Å². The number of hydrogen-bond acceptors (Lipinski definition) is 4. The summed E-state index contributed by atoms with van der Waals surface area (Å²) < 4.78 is 0. The molecule has 21 heavy (non-hydrogen) atoms. The van der Waals surface area contributed by atoms with Gasteiger partial charge in [-0.3, -0.25) is 4.79 Å². The second-order valence-electron chi connectivity index (χ2n) is 4.01. The van der Waals surface area contributed by atoms with Crippen LogP contribution in [0.25, 0.3) is 0 Å². The minimum atomic E-state index is -0.563. The highest BCUT2D eigenvalue weighted by Crippen LogP contribution is 1.96. The molecule has 7 nitrogen and oxygen atoms in total. The van der Waals surface area contributed by atoms with Crippen molar-refractivity contribution in [1.29, 1.82) is 0 Å². The van der Waals surface area contributed by atoms with Gasteiger partial charge in [0.05, 0.1) is 18.7 Å². The highest BCUT2D eigenvalue weighted by Gasteiger charge is 2.14. The lowest BCUT2D eigenvalue weighted by molar-refractivity contribution is -0.122. The normalized spacial score (nSPS) is 10.5. The van der Waals surface area contributed by atoms with E-state index in [9.17, 15) is 4.79 Å². The summed E-state index contributed by atoms with van der Waals surface area (Å²) in [7, 11) is 0. The number of rotatable bonds is 6. The van der Waals surface area contributed by atoms with Gasteiger partial charge in [0, 0.05) is 43.2 Å². The average molecular weight is 358 g/mol. The number of nitrogens with zero attached hydrogens (tertiary/aromatic N) is 2. The van der Waals surface area contributed by atoms with Crippen LogP contribution < -0.4 is 11.1 Å². The smallest absolute Gasteiger partial charge is 0.237 e. The van der Waals surface area contributed by atoms with Gasteiger partial charge < -0.3 is 21.0 Å². The molecule has 2 rings (SSSR count). The number of amides is 1. The number of nitrogens with two attached hydrogens (primary N) is 1. The van der Waals surface area contributed by atoms with Gasteiger partial charge in [-0.25, -0.2) is 9.97 Å². The van der Waals surface area contributed by atoms with E-state index in [-0.39, 0.29) is 43.1 Å². The topological polar surface area (TPSA) is 112 Å². The Bertz CT molecular complexity index is 476. The van der Waals surface area contributed by atoms with Gasteiger partial charge in [-0.05, 0) is 0 Å². The Labute approximate surface area is 141 Å². The largest absolute Gasteiger partial charge is 0.354 e. The Morgan fingerprint density at radius 3 is 2.24 bits per heavy atom. The monoisotopic (exact) mass is 356 g/mol. The van der Waals surface area contributed by atoms with E-state index in [1.165, 1.54) is 0 Å². The van der Waals surface area contributed by atoms with Crippen molar-refractivity contribution in [3.05, 3.63) is 36.4 Å². The van der Waals surface area contributed by atoms with Gasteiger partial charge in [-0.1, -0.05) is 0 Å². The Balaban J connectivity index is 0. The second kappa shape index (κ2) is 11.4. The summed E-state index contributed by atoms with van der Waals surface area (Å²) in [5.74, 6) is -0.163. The molecule has 1 atom stereocenters. The molecule has 1 amide bonds. The number of aromatic nitrogens is 4. The number of hydrogen-bond donors (Lipinski definition) is 4. The molecule has 0 saturated heterocycles. The molecule has 120 valence electrons. The Hall–Kier alpha value is -1.28. The maximum absolute atomic E-state index is 11.7. The summed E-state index contributed by atoms with van der Waals surface area (Å²) in [5.41, 5.74) is 7.62. The Morgan fingerprint density at radius 1 is 1.14 bits per heavy atom. The molecule has 0 aromatic carbocycles. The fraction of sp³-hybridized carbons (Fsp3) is 0.364. The van der Waals surface area contributed by atoms with Gasteiger partial charge in [0.25, 0.3) is 0 Å². The third kappa shape index (κ3) is 7.33. The standard InChI is InChI=1S/C11H16N6O.3ClH/c12-10(3-9-5-14-7-17-9)11(18)15-2-1-8-4-13-6-16-8;;;/h4-7,10H,1-3,12H2,(H,13,16)(H,14,17)(H,15,18);3*1H/t10-;;;/m0.../s1. The molecule has 10 heteroatoms. The van der Waals surface area contributed by atoms with Crippen LogP contribution in [0, 0.1) is 0 Å². The Kier molecular flexibility index (Phi) is 11.9. The van der Waals surface area contributed by atoms with E-state index >= 15 is 0 Å². The molecule has 0 spiro atoms. The lowest BCUT2D eigenvalue weighted by atomic mass is 10.1. The first-order valence-electron chi connectivity index (χ1n) is 5.73. The zero-order valence-corrected chi connectivity index (χ0v) is 13.6. The SMILES string of the molecule is Cl.Cl.Cl.N[C@@H](Cc1cnc[nH]1)C(=O)NCCc1cnc[nH]1. The van der Waals surface area contributed by atoms with Crippen LogP contribution in [0.2, 0.25) is 0 Å². The molecule has 0 bridgehead atoms. The molecule has 0 aliphatic carbocycles. The number of halogens is 3.